The van der Waals surface area contributed by atoms with Gasteiger partial charge in [0.1, 0.15) is 6.10 Å². The number of rotatable bonds is 7. The van der Waals surface area contributed by atoms with E-state index < -0.39 is 0 Å². The highest BCUT2D eigenvalue weighted by Gasteiger charge is 2.21. The number of aryl methyl sites for hydroxylation is 1. The van der Waals surface area contributed by atoms with Crippen LogP contribution in [-0.2, 0) is 9.53 Å². The van der Waals surface area contributed by atoms with E-state index >= 15 is 0 Å². The summed E-state index contributed by atoms with van der Waals surface area (Å²) in [7, 11) is 0. The zero-order valence-electron chi connectivity index (χ0n) is 17.1. The van der Waals surface area contributed by atoms with Gasteiger partial charge >= 0.3 is 0 Å². The smallest absolute Gasteiger partial charge is 0.250 e. The lowest BCUT2D eigenvalue weighted by Crippen LogP contribution is -2.48. The number of carbonyl (C=O) groups is 1. The summed E-state index contributed by atoms with van der Waals surface area (Å²) in [5, 5.41) is 6.18. The van der Waals surface area contributed by atoms with Gasteiger partial charge in [0.15, 0.2) is 0 Å². The van der Waals surface area contributed by atoms with Gasteiger partial charge in [0, 0.05) is 51.5 Å². The Morgan fingerprint density at radius 3 is 2.59 bits per heavy atom. The average Bonchev–Trinajstić information content (AvgIpc) is 2.69. The quantitative estimate of drug-likeness (QED) is 0.600. The van der Waals surface area contributed by atoms with E-state index in [2.05, 4.69) is 51.6 Å². The Kier molecular flexibility index (Phi) is 14.7. The van der Waals surface area contributed by atoms with Crippen molar-refractivity contribution in [1.82, 2.24) is 15.5 Å². The summed E-state index contributed by atoms with van der Waals surface area (Å²) in [6, 6.07) is 8.76. The van der Waals surface area contributed by atoms with E-state index in [-0.39, 0.29) is 49.2 Å². The van der Waals surface area contributed by atoms with Crippen LogP contribution in [0.5, 0.6) is 0 Å². The van der Waals surface area contributed by atoms with E-state index in [0.29, 0.717) is 13.2 Å². The maximum atomic E-state index is 12.0. The van der Waals surface area contributed by atoms with Gasteiger partial charge in [0.05, 0.1) is 6.61 Å². The minimum Gasteiger partial charge on any atom is -0.369 e. The molecule has 0 bridgehead atoms. The number of unbranched alkanes of at least 4 members (excludes halogenated alkanes) is 1. The van der Waals surface area contributed by atoms with Gasteiger partial charge < -0.3 is 20.3 Å². The molecule has 1 aromatic rings. The molecule has 168 valence electrons. The fraction of sp³-hybridized carbons (Fsp3) is 0.650. The minimum atomic E-state index is -0.321. The maximum Gasteiger partial charge on any atom is 0.250 e. The topological polar surface area (TPSA) is 56.8 Å². The molecule has 0 aromatic heterocycles. The van der Waals surface area contributed by atoms with Crippen molar-refractivity contribution < 1.29 is 9.53 Å². The first-order chi connectivity index (χ1) is 12.7. The van der Waals surface area contributed by atoms with Crippen LogP contribution in [0.15, 0.2) is 24.3 Å². The third-order valence-electron chi connectivity index (χ3n) is 5.16. The normalized spacial score (nSPS) is 19.3. The molecule has 0 radical (unpaired) electrons. The Labute approximate surface area is 193 Å². The lowest BCUT2D eigenvalue weighted by molar-refractivity contribution is -0.134. The number of anilines is 1. The predicted octanol–water partition coefficient (Wildman–Crippen LogP) is 2.27. The fourth-order valence-corrected chi connectivity index (χ4v) is 3.57. The first-order valence-electron chi connectivity index (χ1n) is 9.86. The van der Waals surface area contributed by atoms with Gasteiger partial charge in [-0.3, -0.25) is 9.69 Å². The summed E-state index contributed by atoms with van der Waals surface area (Å²) in [5.74, 6) is 0.0176. The van der Waals surface area contributed by atoms with Crippen LogP contribution in [0.1, 0.15) is 18.4 Å². The van der Waals surface area contributed by atoms with E-state index in [0.717, 1.165) is 58.7 Å². The number of nitrogens with one attached hydrogen (secondary N) is 2. The van der Waals surface area contributed by atoms with Crippen LogP contribution in [0, 0.1) is 6.92 Å². The third-order valence-corrected chi connectivity index (χ3v) is 5.16. The number of hydrogen-bond acceptors (Lipinski definition) is 5. The number of amides is 1. The number of piperazine rings is 1. The van der Waals surface area contributed by atoms with Crippen molar-refractivity contribution in [3.63, 3.8) is 0 Å². The van der Waals surface area contributed by atoms with Crippen molar-refractivity contribution in [3.05, 3.63) is 29.8 Å². The fourth-order valence-electron chi connectivity index (χ4n) is 3.57. The Morgan fingerprint density at radius 1 is 1.17 bits per heavy atom. The number of morpholine rings is 1. The molecule has 1 aromatic carbocycles. The van der Waals surface area contributed by atoms with E-state index in [1.807, 2.05) is 0 Å². The molecule has 2 saturated heterocycles. The Bertz CT molecular complexity index is 581. The number of nitrogens with zero attached hydrogens (tertiary/aromatic N) is 2. The molecule has 2 heterocycles. The summed E-state index contributed by atoms with van der Waals surface area (Å²) < 4.78 is 5.46. The van der Waals surface area contributed by atoms with Gasteiger partial charge in [-0.15, -0.1) is 37.2 Å². The second-order valence-electron chi connectivity index (χ2n) is 7.23. The van der Waals surface area contributed by atoms with E-state index in [4.69, 9.17) is 4.74 Å². The molecule has 6 nitrogen and oxygen atoms in total. The van der Waals surface area contributed by atoms with E-state index in [1.54, 1.807) is 0 Å². The first kappa shape index (κ1) is 28.2. The molecule has 1 atom stereocenters. The molecule has 2 aliphatic heterocycles. The average molecular weight is 470 g/mol. The molecular formula is C20H35Cl3N4O2. The number of hydrogen-bond donors (Lipinski definition) is 2. The summed E-state index contributed by atoms with van der Waals surface area (Å²) >= 11 is 0. The molecule has 0 aliphatic carbocycles. The molecule has 3 rings (SSSR count). The van der Waals surface area contributed by atoms with Crippen LogP contribution in [0.4, 0.5) is 5.69 Å². The SMILES string of the molecule is Cc1cccc(N2CCN(CCCCNC(=O)C3CNCCO3)CC2)c1.Cl.Cl.Cl. The molecular weight excluding hydrogens is 435 g/mol. The highest BCUT2D eigenvalue weighted by Crippen LogP contribution is 2.17. The zero-order valence-corrected chi connectivity index (χ0v) is 19.6. The Morgan fingerprint density at radius 2 is 1.93 bits per heavy atom. The lowest BCUT2D eigenvalue weighted by atomic mass is 10.2. The molecule has 2 fully saturated rings. The van der Waals surface area contributed by atoms with Crippen LogP contribution in [-0.4, -0.2) is 75.9 Å². The van der Waals surface area contributed by atoms with Crippen LogP contribution in [0.2, 0.25) is 0 Å². The minimum absolute atomic E-state index is 0. The van der Waals surface area contributed by atoms with Crippen molar-refractivity contribution in [3.8, 4) is 0 Å². The van der Waals surface area contributed by atoms with Crippen molar-refractivity contribution in [2.24, 2.45) is 0 Å². The van der Waals surface area contributed by atoms with E-state index in [1.165, 1.54) is 11.3 Å². The maximum absolute atomic E-state index is 12.0. The number of ether oxygens (including phenoxy) is 1. The molecule has 2 N–H and O–H groups in total. The highest BCUT2D eigenvalue weighted by atomic mass is 35.5. The van der Waals surface area contributed by atoms with Crippen molar-refractivity contribution in [2.75, 3.05) is 63.9 Å². The largest absolute Gasteiger partial charge is 0.369 e. The standard InChI is InChI=1S/C20H32N4O2.3ClH/c1-17-5-4-6-18(15-17)24-12-10-23(11-13-24)9-3-2-7-22-20(25)19-16-21-8-14-26-19;;;/h4-6,15,19,21H,2-3,7-14,16H2,1H3,(H,22,25);3*1H. The van der Waals surface area contributed by atoms with Gasteiger partial charge in [0.25, 0.3) is 0 Å². The van der Waals surface area contributed by atoms with Crippen LogP contribution >= 0.6 is 37.2 Å². The van der Waals surface area contributed by atoms with Gasteiger partial charge in [-0.2, -0.15) is 0 Å². The number of halogens is 3. The van der Waals surface area contributed by atoms with Crippen LogP contribution in [0.3, 0.4) is 0 Å². The number of carbonyl (C=O) groups excluding carboxylic acids is 1. The van der Waals surface area contributed by atoms with Gasteiger partial charge in [-0.1, -0.05) is 12.1 Å². The Hall–Kier alpha value is -0.760. The molecule has 2 aliphatic rings. The molecule has 1 amide bonds. The second-order valence-corrected chi connectivity index (χ2v) is 7.23. The zero-order chi connectivity index (χ0) is 18.2. The van der Waals surface area contributed by atoms with Gasteiger partial charge in [-0.25, -0.2) is 0 Å². The lowest BCUT2D eigenvalue weighted by Gasteiger charge is -2.36. The summed E-state index contributed by atoms with van der Waals surface area (Å²) in [4.78, 5) is 17.0. The van der Waals surface area contributed by atoms with E-state index in [9.17, 15) is 4.79 Å². The predicted molar refractivity (Wildman–Crippen MR) is 126 cm³/mol. The van der Waals surface area contributed by atoms with Crippen molar-refractivity contribution >= 4 is 48.8 Å². The monoisotopic (exact) mass is 468 g/mol. The molecule has 0 spiro atoms. The third kappa shape index (κ3) is 9.28. The molecule has 1 unspecified atom stereocenters. The van der Waals surface area contributed by atoms with Crippen molar-refractivity contribution in [1.29, 1.82) is 0 Å². The molecule has 29 heavy (non-hydrogen) atoms. The molecule has 9 heteroatoms. The van der Waals surface area contributed by atoms with Crippen LogP contribution < -0.4 is 15.5 Å². The second kappa shape index (κ2) is 15.1. The van der Waals surface area contributed by atoms with Crippen molar-refractivity contribution in [2.45, 2.75) is 25.9 Å². The Balaban J connectivity index is 0.00000261. The highest BCUT2D eigenvalue weighted by molar-refractivity contribution is 5.86. The summed E-state index contributed by atoms with van der Waals surface area (Å²) in [6.45, 7) is 10.5. The number of benzene rings is 1. The molecule has 0 saturated carbocycles. The summed E-state index contributed by atoms with van der Waals surface area (Å²) in [5.41, 5.74) is 2.66. The van der Waals surface area contributed by atoms with Gasteiger partial charge in [-0.05, 0) is 44.0 Å². The van der Waals surface area contributed by atoms with Gasteiger partial charge in [0.2, 0.25) is 5.91 Å². The van der Waals surface area contributed by atoms with Crippen LogP contribution in [0.25, 0.3) is 0 Å². The summed E-state index contributed by atoms with van der Waals surface area (Å²) in [6.07, 6.45) is 1.82. The first-order valence-corrected chi connectivity index (χ1v) is 9.86.